The van der Waals surface area contributed by atoms with Gasteiger partial charge in [-0.3, -0.25) is 9.48 Å². The fourth-order valence-corrected chi connectivity index (χ4v) is 6.00. The highest BCUT2D eigenvalue weighted by atomic mass is 32.2. The van der Waals surface area contributed by atoms with Gasteiger partial charge in [0.2, 0.25) is 15.9 Å². The minimum atomic E-state index is -3.80. The van der Waals surface area contributed by atoms with Crippen LogP contribution in [0.15, 0.2) is 22.0 Å². The first kappa shape index (κ1) is 27.2. The molecule has 0 radical (unpaired) electrons. The average molecular weight is 534 g/mol. The van der Waals surface area contributed by atoms with Crippen molar-refractivity contribution in [3.05, 3.63) is 28.3 Å². The summed E-state index contributed by atoms with van der Waals surface area (Å²) >= 11 is 0. The number of ether oxygens (including phenoxy) is 2. The van der Waals surface area contributed by atoms with Gasteiger partial charge in [-0.15, -0.1) is 0 Å². The van der Waals surface area contributed by atoms with Crippen LogP contribution in [0.1, 0.15) is 39.4 Å². The second-order valence-corrected chi connectivity index (χ2v) is 10.9. The maximum atomic E-state index is 13.5. The molecule has 13 heteroatoms. The predicted molar refractivity (Wildman–Crippen MR) is 139 cm³/mol. The number of piperazine rings is 1. The molecule has 0 aromatic carbocycles. The van der Waals surface area contributed by atoms with Gasteiger partial charge in [0.25, 0.3) is 5.56 Å². The van der Waals surface area contributed by atoms with Crippen molar-refractivity contribution in [2.24, 2.45) is 0 Å². The lowest BCUT2D eigenvalue weighted by molar-refractivity contribution is 0.156. The first-order valence-electron chi connectivity index (χ1n) is 12.6. The fourth-order valence-electron chi connectivity index (χ4n) is 4.60. The molecule has 37 heavy (non-hydrogen) atoms. The van der Waals surface area contributed by atoms with Gasteiger partial charge < -0.3 is 19.4 Å². The van der Waals surface area contributed by atoms with Gasteiger partial charge in [0, 0.05) is 33.3 Å². The molecule has 202 valence electrons. The number of nitrogens with one attached hydrogen (secondary N) is 1. The van der Waals surface area contributed by atoms with Crippen molar-refractivity contribution >= 4 is 21.1 Å². The Balaban J connectivity index is 1.82. The SMILES string of the molecule is CCOc1ncc(S(=O)(=O)N2CCN(CC)CC2)cc1-c1nc2c(CC)n(C(C)COC)nc2c(=O)[nH]1. The van der Waals surface area contributed by atoms with Gasteiger partial charge in [-0.1, -0.05) is 13.8 Å². The van der Waals surface area contributed by atoms with Crippen molar-refractivity contribution in [3.8, 4) is 17.3 Å². The Morgan fingerprint density at radius 2 is 1.86 bits per heavy atom. The Morgan fingerprint density at radius 1 is 1.14 bits per heavy atom. The van der Waals surface area contributed by atoms with E-state index in [4.69, 9.17) is 14.5 Å². The number of hydrogen-bond donors (Lipinski definition) is 1. The van der Waals surface area contributed by atoms with Crippen LogP contribution in [0.2, 0.25) is 0 Å². The van der Waals surface area contributed by atoms with Gasteiger partial charge in [-0.05, 0) is 32.9 Å². The molecule has 3 aromatic heterocycles. The molecule has 1 N–H and O–H groups in total. The molecule has 3 aromatic rings. The molecule has 1 saturated heterocycles. The van der Waals surface area contributed by atoms with E-state index in [9.17, 15) is 13.2 Å². The van der Waals surface area contributed by atoms with Crippen LogP contribution < -0.4 is 10.3 Å². The van der Waals surface area contributed by atoms with Crippen molar-refractivity contribution in [2.45, 2.75) is 45.1 Å². The highest BCUT2D eigenvalue weighted by molar-refractivity contribution is 7.89. The van der Waals surface area contributed by atoms with E-state index in [1.807, 2.05) is 13.8 Å². The van der Waals surface area contributed by atoms with Crippen LogP contribution in [0.5, 0.6) is 5.88 Å². The van der Waals surface area contributed by atoms with Gasteiger partial charge in [0.1, 0.15) is 16.2 Å². The second-order valence-electron chi connectivity index (χ2n) is 8.96. The van der Waals surface area contributed by atoms with Crippen LogP contribution in [-0.4, -0.2) is 95.4 Å². The molecule has 1 fully saturated rings. The number of nitrogens with zero attached hydrogens (tertiary/aromatic N) is 6. The van der Waals surface area contributed by atoms with E-state index in [0.29, 0.717) is 56.9 Å². The number of aromatic nitrogens is 5. The normalized spacial score (nSPS) is 16.4. The molecular formula is C24H35N7O5S. The van der Waals surface area contributed by atoms with Crippen molar-refractivity contribution in [1.82, 2.24) is 33.9 Å². The lowest BCUT2D eigenvalue weighted by Gasteiger charge is -2.33. The van der Waals surface area contributed by atoms with Crippen molar-refractivity contribution in [1.29, 1.82) is 0 Å². The predicted octanol–water partition coefficient (Wildman–Crippen LogP) is 1.68. The van der Waals surface area contributed by atoms with Crippen LogP contribution in [0, 0.1) is 0 Å². The van der Waals surface area contributed by atoms with Gasteiger partial charge in [0.05, 0.1) is 36.7 Å². The largest absolute Gasteiger partial charge is 0.477 e. The second kappa shape index (κ2) is 11.3. The van der Waals surface area contributed by atoms with Crippen LogP contribution in [0.25, 0.3) is 22.4 Å². The molecule has 1 unspecified atom stereocenters. The topological polar surface area (TPSA) is 136 Å². The highest BCUT2D eigenvalue weighted by Gasteiger charge is 2.30. The molecule has 0 aliphatic carbocycles. The van der Waals surface area contributed by atoms with Gasteiger partial charge in [0.15, 0.2) is 5.52 Å². The Bertz CT molecular complexity index is 1410. The lowest BCUT2D eigenvalue weighted by Crippen LogP contribution is -2.48. The molecule has 0 bridgehead atoms. The van der Waals surface area contributed by atoms with Crippen LogP contribution in [0.4, 0.5) is 0 Å². The summed E-state index contributed by atoms with van der Waals surface area (Å²) < 4.78 is 41.1. The number of sulfonamides is 1. The summed E-state index contributed by atoms with van der Waals surface area (Å²) in [6, 6.07) is 1.38. The monoisotopic (exact) mass is 533 g/mol. The zero-order valence-corrected chi connectivity index (χ0v) is 22.8. The van der Waals surface area contributed by atoms with Crippen molar-refractivity contribution < 1.29 is 17.9 Å². The number of methoxy groups -OCH3 is 1. The molecular weight excluding hydrogens is 498 g/mol. The number of fused-ring (bicyclic) bond motifs is 1. The summed E-state index contributed by atoms with van der Waals surface area (Å²) in [5.41, 5.74) is 1.33. The number of aryl methyl sites for hydroxylation is 1. The molecule has 1 aliphatic heterocycles. The maximum absolute atomic E-state index is 13.5. The summed E-state index contributed by atoms with van der Waals surface area (Å²) in [5.74, 6) is 0.368. The number of hydrogen-bond acceptors (Lipinski definition) is 9. The molecule has 1 aliphatic rings. The quantitative estimate of drug-likeness (QED) is 0.413. The Morgan fingerprint density at radius 3 is 2.49 bits per heavy atom. The summed E-state index contributed by atoms with van der Waals surface area (Å²) in [5, 5.41) is 4.50. The molecule has 0 amide bonds. The number of pyridine rings is 1. The first-order valence-corrected chi connectivity index (χ1v) is 14.0. The number of rotatable bonds is 10. The number of H-pyrrole nitrogens is 1. The van der Waals surface area contributed by atoms with Gasteiger partial charge in [-0.25, -0.2) is 18.4 Å². The summed E-state index contributed by atoms with van der Waals surface area (Å²) in [6.07, 6.45) is 1.89. The Kier molecular flexibility index (Phi) is 8.26. The fraction of sp³-hybridized carbons (Fsp3) is 0.583. The van der Waals surface area contributed by atoms with E-state index in [2.05, 4.69) is 26.9 Å². The summed E-state index contributed by atoms with van der Waals surface area (Å²) in [7, 11) is -2.18. The lowest BCUT2D eigenvalue weighted by atomic mass is 10.2. The number of aromatic amines is 1. The van der Waals surface area contributed by atoms with Crippen molar-refractivity contribution in [2.75, 3.05) is 53.0 Å². The minimum Gasteiger partial charge on any atom is -0.477 e. The third-order valence-corrected chi connectivity index (χ3v) is 8.46. The molecule has 0 spiro atoms. The molecule has 1 atom stereocenters. The third-order valence-electron chi connectivity index (χ3n) is 6.59. The molecule has 4 heterocycles. The molecule has 12 nitrogen and oxygen atoms in total. The van der Waals surface area contributed by atoms with E-state index < -0.39 is 15.6 Å². The Hall–Kier alpha value is -2.87. The highest BCUT2D eigenvalue weighted by Crippen LogP contribution is 2.30. The minimum absolute atomic E-state index is 0.0266. The van der Waals surface area contributed by atoms with E-state index >= 15 is 0 Å². The summed E-state index contributed by atoms with van der Waals surface area (Å²) in [6.45, 7) is 11.5. The zero-order valence-electron chi connectivity index (χ0n) is 22.0. The van der Waals surface area contributed by atoms with E-state index in [-0.39, 0.29) is 28.2 Å². The van der Waals surface area contributed by atoms with Gasteiger partial charge >= 0.3 is 0 Å². The molecule has 0 saturated carbocycles. The van der Waals surface area contributed by atoms with E-state index in [1.165, 1.54) is 16.6 Å². The first-order chi connectivity index (χ1) is 17.7. The van der Waals surface area contributed by atoms with E-state index in [1.54, 1.807) is 18.7 Å². The zero-order chi connectivity index (χ0) is 26.7. The average Bonchev–Trinajstić information content (AvgIpc) is 3.28. The smallest absolute Gasteiger partial charge is 0.279 e. The maximum Gasteiger partial charge on any atom is 0.279 e. The van der Waals surface area contributed by atoms with Crippen LogP contribution >= 0.6 is 0 Å². The molecule has 4 rings (SSSR count). The van der Waals surface area contributed by atoms with Crippen LogP contribution in [0.3, 0.4) is 0 Å². The van der Waals surface area contributed by atoms with Crippen LogP contribution in [-0.2, 0) is 21.2 Å². The standard InChI is InChI=1S/C24H35N7O5S/c1-6-19-20-21(28-31(19)16(4)15-35-5)23(32)27-22(26-20)18-13-17(14-25-24(18)36-8-3)37(33,34)30-11-9-29(7-2)10-12-30/h13-14,16H,6-12,15H2,1-5H3,(H,26,27,32). The van der Waals surface area contributed by atoms with Crippen molar-refractivity contribution in [3.63, 3.8) is 0 Å². The third kappa shape index (κ3) is 5.26. The number of likely N-dealkylation sites (N-methyl/N-ethyl adjacent to an activating group) is 1. The van der Waals surface area contributed by atoms with Gasteiger partial charge in [-0.2, -0.15) is 9.40 Å². The Labute approximate surface area is 216 Å². The van der Waals surface area contributed by atoms with E-state index in [0.717, 1.165) is 12.2 Å². The summed E-state index contributed by atoms with van der Waals surface area (Å²) in [4.78, 5) is 27.1.